The molecule has 1 aromatic heterocycles. The first-order valence-corrected chi connectivity index (χ1v) is 7.65. The molecule has 1 heterocycles. The number of benzene rings is 1. The zero-order valence-corrected chi connectivity index (χ0v) is 13.8. The van der Waals surface area contributed by atoms with Gasteiger partial charge in [-0.15, -0.1) is 0 Å². The number of nitrogens with zero attached hydrogens (tertiary/aromatic N) is 1. The van der Waals surface area contributed by atoms with Gasteiger partial charge in [-0.25, -0.2) is 4.98 Å². The number of halogens is 1. The number of rotatable bonds is 7. The van der Waals surface area contributed by atoms with Gasteiger partial charge in [-0.1, -0.05) is 22.0 Å². The van der Waals surface area contributed by atoms with Crippen LogP contribution in [0.3, 0.4) is 0 Å². The van der Waals surface area contributed by atoms with Crippen LogP contribution in [-0.2, 0) is 4.79 Å². The smallest absolute Gasteiger partial charge is 0.237 e. The summed E-state index contributed by atoms with van der Waals surface area (Å²) < 4.78 is 11.6. The molecule has 0 spiro atoms. The monoisotopic (exact) mass is 364 g/mol. The van der Waals surface area contributed by atoms with Crippen LogP contribution in [-0.4, -0.2) is 24.6 Å². The molecule has 0 aliphatic heterocycles. The number of ether oxygens (including phenoxy) is 2. The highest BCUT2D eigenvalue weighted by Gasteiger charge is 2.07. The third-order valence-electron chi connectivity index (χ3n) is 2.85. The van der Waals surface area contributed by atoms with E-state index in [1.807, 2.05) is 24.3 Å². The zero-order valence-electron chi connectivity index (χ0n) is 12.2. The number of hydrogen-bond donors (Lipinski definition) is 1. The second-order valence-electron chi connectivity index (χ2n) is 4.52. The Bertz CT molecular complexity index is 634. The Hall–Kier alpha value is -2.08. The van der Waals surface area contributed by atoms with Crippen LogP contribution in [0.1, 0.15) is 12.8 Å². The Kier molecular flexibility index (Phi) is 6.21. The molecule has 0 fully saturated rings. The maximum absolute atomic E-state index is 11.9. The van der Waals surface area contributed by atoms with Crippen molar-refractivity contribution in [2.24, 2.45) is 0 Å². The van der Waals surface area contributed by atoms with E-state index in [0.717, 1.165) is 10.2 Å². The highest BCUT2D eigenvalue weighted by atomic mass is 79.9. The van der Waals surface area contributed by atoms with Crippen LogP contribution in [0, 0.1) is 0 Å². The van der Waals surface area contributed by atoms with Crippen LogP contribution in [0.4, 0.5) is 5.69 Å². The fraction of sp³-hybridized carbons (Fsp3) is 0.250. The topological polar surface area (TPSA) is 60.5 Å². The van der Waals surface area contributed by atoms with Crippen molar-refractivity contribution in [3.63, 3.8) is 0 Å². The predicted octanol–water partition coefficient (Wildman–Crippen LogP) is 3.65. The number of hydrogen-bond acceptors (Lipinski definition) is 4. The lowest BCUT2D eigenvalue weighted by Gasteiger charge is -2.09. The molecule has 2 aromatic rings. The Labute approximate surface area is 137 Å². The van der Waals surface area contributed by atoms with Gasteiger partial charge in [0.15, 0.2) is 0 Å². The van der Waals surface area contributed by atoms with Gasteiger partial charge >= 0.3 is 0 Å². The number of carbonyl (C=O) groups is 1. The Morgan fingerprint density at radius 1 is 1.32 bits per heavy atom. The highest BCUT2D eigenvalue weighted by Crippen LogP contribution is 2.20. The molecule has 116 valence electrons. The number of pyridine rings is 1. The molecular formula is C16H17BrN2O3. The number of methoxy groups -OCH3 is 1. The van der Waals surface area contributed by atoms with Gasteiger partial charge < -0.3 is 14.8 Å². The van der Waals surface area contributed by atoms with E-state index in [1.165, 1.54) is 7.11 Å². The summed E-state index contributed by atoms with van der Waals surface area (Å²) in [6, 6.07) is 11.1. The van der Waals surface area contributed by atoms with Crippen LogP contribution in [0.15, 0.2) is 47.1 Å². The minimum Gasteiger partial charge on any atom is -0.494 e. The maximum Gasteiger partial charge on any atom is 0.237 e. The molecule has 1 N–H and O–H groups in total. The Balaban J connectivity index is 1.74. The van der Waals surface area contributed by atoms with Crippen molar-refractivity contribution in [2.45, 2.75) is 12.8 Å². The molecule has 0 aliphatic rings. The number of carbonyl (C=O) groups excluding carboxylic acids is 1. The zero-order chi connectivity index (χ0) is 15.8. The molecule has 0 atom stereocenters. The van der Waals surface area contributed by atoms with E-state index < -0.39 is 0 Å². The molecule has 0 saturated carbocycles. The highest BCUT2D eigenvalue weighted by molar-refractivity contribution is 9.10. The lowest BCUT2D eigenvalue weighted by atomic mass is 10.3. The van der Waals surface area contributed by atoms with Crippen molar-refractivity contribution < 1.29 is 14.3 Å². The average molecular weight is 365 g/mol. The summed E-state index contributed by atoms with van der Waals surface area (Å²) in [6.07, 6.45) is 2.60. The van der Waals surface area contributed by atoms with Gasteiger partial charge in [-0.2, -0.15) is 0 Å². The van der Waals surface area contributed by atoms with Crippen molar-refractivity contribution in [2.75, 3.05) is 19.0 Å². The minimum atomic E-state index is -0.0934. The lowest BCUT2D eigenvalue weighted by Crippen LogP contribution is -2.13. The van der Waals surface area contributed by atoms with E-state index in [9.17, 15) is 4.79 Å². The number of nitrogens with one attached hydrogen (secondary N) is 1. The summed E-state index contributed by atoms with van der Waals surface area (Å²) >= 11 is 3.38. The van der Waals surface area contributed by atoms with E-state index in [0.29, 0.717) is 31.0 Å². The Morgan fingerprint density at radius 2 is 2.18 bits per heavy atom. The first kappa shape index (κ1) is 16.3. The standard InChI is InChI=1S/C16H17BrN2O3/c1-21-16-14(7-3-9-18-16)19-15(20)8-4-10-22-13-6-2-5-12(17)11-13/h2-3,5-7,9,11H,4,8,10H2,1H3,(H,19,20). The van der Waals surface area contributed by atoms with E-state index in [1.54, 1.807) is 18.3 Å². The van der Waals surface area contributed by atoms with Crippen LogP contribution < -0.4 is 14.8 Å². The van der Waals surface area contributed by atoms with Crippen LogP contribution >= 0.6 is 15.9 Å². The van der Waals surface area contributed by atoms with Crippen molar-refractivity contribution in [3.8, 4) is 11.6 Å². The van der Waals surface area contributed by atoms with Gasteiger partial charge in [0, 0.05) is 17.1 Å². The largest absolute Gasteiger partial charge is 0.494 e. The first-order valence-electron chi connectivity index (χ1n) is 6.86. The first-order chi connectivity index (χ1) is 10.7. The quantitative estimate of drug-likeness (QED) is 0.761. The molecule has 0 unspecified atom stereocenters. The van der Waals surface area contributed by atoms with Gasteiger partial charge in [0.2, 0.25) is 11.8 Å². The third-order valence-corrected chi connectivity index (χ3v) is 3.34. The second-order valence-corrected chi connectivity index (χ2v) is 5.43. The van der Waals surface area contributed by atoms with E-state index in [2.05, 4.69) is 26.2 Å². The van der Waals surface area contributed by atoms with E-state index in [-0.39, 0.29) is 5.91 Å². The van der Waals surface area contributed by atoms with Crippen LogP contribution in [0.5, 0.6) is 11.6 Å². The summed E-state index contributed by atoms with van der Waals surface area (Å²) in [5.41, 5.74) is 0.572. The van der Waals surface area contributed by atoms with E-state index >= 15 is 0 Å². The molecule has 0 bridgehead atoms. The molecule has 1 aromatic carbocycles. The van der Waals surface area contributed by atoms with Crippen molar-refractivity contribution in [3.05, 3.63) is 47.1 Å². The molecule has 5 nitrogen and oxygen atoms in total. The maximum atomic E-state index is 11.9. The van der Waals surface area contributed by atoms with Gasteiger partial charge in [0.1, 0.15) is 11.4 Å². The molecule has 2 rings (SSSR count). The Morgan fingerprint density at radius 3 is 2.95 bits per heavy atom. The average Bonchev–Trinajstić information content (AvgIpc) is 2.52. The lowest BCUT2D eigenvalue weighted by molar-refractivity contribution is -0.116. The van der Waals surface area contributed by atoms with Crippen molar-refractivity contribution >= 4 is 27.5 Å². The fourth-order valence-electron chi connectivity index (χ4n) is 1.84. The van der Waals surface area contributed by atoms with Gasteiger partial charge in [-0.3, -0.25) is 4.79 Å². The second kappa shape index (κ2) is 8.38. The fourth-order valence-corrected chi connectivity index (χ4v) is 2.22. The van der Waals surface area contributed by atoms with Gasteiger partial charge in [-0.05, 0) is 36.8 Å². The van der Waals surface area contributed by atoms with Crippen molar-refractivity contribution in [1.82, 2.24) is 4.98 Å². The molecule has 0 saturated heterocycles. The summed E-state index contributed by atoms with van der Waals surface area (Å²) in [5.74, 6) is 1.09. The van der Waals surface area contributed by atoms with Crippen molar-refractivity contribution in [1.29, 1.82) is 0 Å². The molecular weight excluding hydrogens is 348 g/mol. The normalized spacial score (nSPS) is 10.1. The van der Waals surface area contributed by atoms with Crippen LogP contribution in [0.2, 0.25) is 0 Å². The van der Waals surface area contributed by atoms with Gasteiger partial charge in [0.25, 0.3) is 0 Å². The molecule has 0 aliphatic carbocycles. The van der Waals surface area contributed by atoms with Crippen LogP contribution in [0.25, 0.3) is 0 Å². The summed E-state index contributed by atoms with van der Waals surface area (Å²) in [5, 5.41) is 2.78. The minimum absolute atomic E-state index is 0.0934. The number of anilines is 1. The van der Waals surface area contributed by atoms with Gasteiger partial charge in [0.05, 0.1) is 13.7 Å². The van der Waals surface area contributed by atoms with E-state index in [4.69, 9.17) is 9.47 Å². The summed E-state index contributed by atoms with van der Waals surface area (Å²) in [4.78, 5) is 15.9. The number of amides is 1. The third kappa shape index (κ3) is 5.04. The molecule has 1 amide bonds. The number of aromatic nitrogens is 1. The predicted molar refractivity (Wildman–Crippen MR) is 88.3 cm³/mol. The molecule has 0 radical (unpaired) electrons. The molecule has 22 heavy (non-hydrogen) atoms. The summed E-state index contributed by atoms with van der Waals surface area (Å²) in [7, 11) is 1.52. The SMILES string of the molecule is COc1ncccc1NC(=O)CCCOc1cccc(Br)c1. The summed E-state index contributed by atoms with van der Waals surface area (Å²) in [6.45, 7) is 0.480. The molecule has 6 heteroatoms.